The van der Waals surface area contributed by atoms with E-state index in [0.29, 0.717) is 19.2 Å². The van der Waals surface area contributed by atoms with Crippen LogP contribution in [0.25, 0.3) is 0 Å². The van der Waals surface area contributed by atoms with Crippen LogP contribution < -0.4 is 0 Å². The van der Waals surface area contributed by atoms with Crippen molar-refractivity contribution in [3.63, 3.8) is 0 Å². The maximum atomic E-state index is 5.65. The molecule has 0 N–H and O–H groups in total. The molecule has 0 amide bonds. The fourth-order valence-corrected chi connectivity index (χ4v) is 1.55. The lowest BCUT2D eigenvalue weighted by Gasteiger charge is -2.18. The van der Waals surface area contributed by atoms with Crippen LogP contribution in [0.15, 0.2) is 12.5 Å². The first-order chi connectivity index (χ1) is 5.47. The predicted molar refractivity (Wildman–Crippen MR) is 49.3 cm³/mol. The van der Waals surface area contributed by atoms with Gasteiger partial charge in [0.2, 0.25) is 0 Å². The Morgan fingerprint density at radius 3 is 2.67 bits per heavy atom. The fraction of sp³-hybridized carbons (Fsp3) is 0.750. The molecule has 0 aromatic heterocycles. The molecule has 0 spiro atoms. The molecule has 1 heterocycles. The van der Waals surface area contributed by atoms with Gasteiger partial charge in [0.15, 0.2) is 14.4 Å². The summed E-state index contributed by atoms with van der Waals surface area (Å²) in [5.74, 6) is 0.416. The minimum Gasteiger partial charge on any atom is -0.462 e. The lowest BCUT2D eigenvalue weighted by molar-refractivity contribution is 0.101. The van der Waals surface area contributed by atoms with E-state index in [4.69, 9.17) is 13.9 Å². The van der Waals surface area contributed by atoms with Crippen LogP contribution in [0, 0.1) is 0 Å². The van der Waals surface area contributed by atoms with Crippen LogP contribution in [0.2, 0.25) is 19.6 Å². The number of ether oxygens (including phenoxy) is 2. The monoisotopic (exact) mass is 188 g/mol. The van der Waals surface area contributed by atoms with Crippen molar-refractivity contribution in [1.29, 1.82) is 0 Å². The Balaban J connectivity index is 2.20. The molecular formula is C8H16O3Si. The highest BCUT2D eigenvalue weighted by Crippen LogP contribution is 2.14. The summed E-state index contributed by atoms with van der Waals surface area (Å²) in [5, 5.41) is 0. The molecule has 0 aliphatic carbocycles. The highest BCUT2D eigenvalue weighted by molar-refractivity contribution is 6.69. The molecule has 1 saturated heterocycles. The third kappa shape index (κ3) is 3.28. The molecule has 70 valence electrons. The Kier molecular flexibility index (Phi) is 2.79. The van der Waals surface area contributed by atoms with E-state index in [-0.39, 0.29) is 6.10 Å². The van der Waals surface area contributed by atoms with Crippen molar-refractivity contribution >= 4 is 8.32 Å². The average molecular weight is 188 g/mol. The normalized spacial score (nSPS) is 23.6. The van der Waals surface area contributed by atoms with Crippen LogP contribution in [0.4, 0.5) is 0 Å². The second-order valence-corrected chi connectivity index (χ2v) is 8.36. The van der Waals surface area contributed by atoms with Crippen molar-refractivity contribution in [2.24, 2.45) is 0 Å². The minimum atomic E-state index is -1.41. The van der Waals surface area contributed by atoms with E-state index < -0.39 is 8.32 Å². The summed E-state index contributed by atoms with van der Waals surface area (Å²) in [4.78, 5) is 0. The van der Waals surface area contributed by atoms with Crippen molar-refractivity contribution in [2.75, 3.05) is 13.2 Å². The molecule has 0 saturated carbocycles. The highest BCUT2D eigenvalue weighted by atomic mass is 28.4. The van der Waals surface area contributed by atoms with Gasteiger partial charge in [-0.15, -0.1) is 0 Å². The van der Waals surface area contributed by atoms with Crippen molar-refractivity contribution in [3.05, 3.63) is 12.5 Å². The Hall–Kier alpha value is -0.483. The van der Waals surface area contributed by atoms with E-state index in [2.05, 4.69) is 26.2 Å². The molecule has 4 heteroatoms. The molecule has 0 radical (unpaired) electrons. The molecule has 0 aromatic carbocycles. The number of hydrogen-bond acceptors (Lipinski definition) is 3. The molecule has 1 rings (SSSR count). The van der Waals surface area contributed by atoms with E-state index in [1.165, 1.54) is 0 Å². The van der Waals surface area contributed by atoms with E-state index in [1.54, 1.807) is 0 Å². The summed E-state index contributed by atoms with van der Waals surface area (Å²) in [5.41, 5.74) is 0. The first-order valence-electron chi connectivity index (χ1n) is 4.10. The first-order valence-corrected chi connectivity index (χ1v) is 7.50. The summed E-state index contributed by atoms with van der Waals surface area (Å²) in [6.45, 7) is 11.2. The van der Waals surface area contributed by atoms with Crippen LogP contribution >= 0.6 is 0 Å². The maximum Gasteiger partial charge on any atom is 0.272 e. The van der Waals surface area contributed by atoms with Crippen molar-refractivity contribution in [3.8, 4) is 0 Å². The van der Waals surface area contributed by atoms with Crippen LogP contribution in [-0.4, -0.2) is 27.6 Å². The van der Waals surface area contributed by atoms with Gasteiger partial charge in [-0.05, 0) is 26.2 Å². The molecule has 1 atom stereocenters. The zero-order valence-corrected chi connectivity index (χ0v) is 8.92. The summed E-state index contributed by atoms with van der Waals surface area (Å²) in [6.07, 6.45) is 0.0456. The third-order valence-electron chi connectivity index (χ3n) is 1.43. The number of rotatable bonds is 3. The van der Waals surface area contributed by atoms with Gasteiger partial charge in [-0.25, -0.2) is 0 Å². The maximum absolute atomic E-state index is 5.65. The van der Waals surface area contributed by atoms with Crippen LogP contribution in [-0.2, 0) is 13.9 Å². The van der Waals surface area contributed by atoms with Crippen molar-refractivity contribution in [1.82, 2.24) is 0 Å². The molecular weight excluding hydrogens is 172 g/mol. The quantitative estimate of drug-likeness (QED) is 0.631. The van der Waals surface area contributed by atoms with Gasteiger partial charge < -0.3 is 13.9 Å². The molecule has 1 unspecified atom stereocenters. The second kappa shape index (κ2) is 3.49. The van der Waals surface area contributed by atoms with Gasteiger partial charge in [0.1, 0.15) is 6.61 Å². The smallest absolute Gasteiger partial charge is 0.272 e. The van der Waals surface area contributed by atoms with Crippen LogP contribution in [0.1, 0.15) is 0 Å². The van der Waals surface area contributed by atoms with E-state index in [0.717, 1.165) is 0 Å². The van der Waals surface area contributed by atoms with E-state index in [9.17, 15) is 0 Å². The van der Waals surface area contributed by atoms with Crippen LogP contribution in [0.5, 0.6) is 0 Å². The Labute approximate surface area is 74.4 Å². The van der Waals surface area contributed by atoms with Crippen molar-refractivity contribution in [2.45, 2.75) is 25.7 Å². The van der Waals surface area contributed by atoms with Gasteiger partial charge in [0.05, 0.1) is 6.61 Å². The van der Waals surface area contributed by atoms with Gasteiger partial charge in [0, 0.05) is 0 Å². The van der Waals surface area contributed by atoms with Crippen LogP contribution in [0.3, 0.4) is 0 Å². The van der Waals surface area contributed by atoms with Gasteiger partial charge in [-0.2, -0.15) is 0 Å². The summed E-state index contributed by atoms with van der Waals surface area (Å²) in [6, 6.07) is 0. The summed E-state index contributed by atoms with van der Waals surface area (Å²) in [7, 11) is -1.41. The Bertz CT molecular complexity index is 174. The molecule has 1 aliphatic rings. The molecule has 0 aromatic rings. The molecule has 0 bridgehead atoms. The lowest BCUT2D eigenvalue weighted by Crippen LogP contribution is -2.31. The standard InChI is InChI=1S/C8H16O3Si/c1-7-9-5-8(11-7)6-10-12(2,3)4/h8H,1,5-6H2,2-4H3. The largest absolute Gasteiger partial charge is 0.462 e. The molecule has 3 nitrogen and oxygen atoms in total. The predicted octanol–water partition coefficient (Wildman–Crippen LogP) is 1.72. The SMILES string of the molecule is C=C1OCC(CO[Si](C)(C)C)O1. The molecule has 12 heavy (non-hydrogen) atoms. The highest BCUT2D eigenvalue weighted by Gasteiger charge is 2.23. The zero-order chi connectivity index (χ0) is 9.19. The van der Waals surface area contributed by atoms with Gasteiger partial charge >= 0.3 is 0 Å². The first kappa shape index (κ1) is 9.60. The Morgan fingerprint density at radius 2 is 2.25 bits per heavy atom. The van der Waals surface area contributed by atoms with Gasteiger partial charge in [0.25, 0.3) is 5.95 Å². The third-order valence-corrected chi connectivity index (χ3v) is 2.46. The molecule has 1 aliphatic heterocycles. The second-order valence-electron chi connectivity index (χ2n) is 3.85. The van der Waals surface area contributed by atoms with Gasteiger partial charge in [-0.1, -0.05) is 0 Å². The zero-order valence-electron chi connectivity index (χ0n) is 7.92. The minimum absolute atomic E-state index is 0.0456. The van der Waals surface area contributed by atoms with E-state index in [1.807, 2.05) is 0 Å². The van der Waals surface area contributed by atoms with Crippen molar-refractivity contribution < 1.29 is 13.9 Å². The lowest BCUT2D eigenvalue weighted by atomic mass is 10.4. The summed E-state index contributed by atoms with van der Waals surface area (Å²) >= 11 is 0. The fourth-order valence-electron chi connectivity index (χ4n) is 0.865. The van der Waals surface area contributed by atoms with Gasteiger partial charge in [-0.3, -0.25) is 0 Å². The Morgan fingerprint density at radius 1 is 1.58 bits per heavy atom. The number of hydrogen-bond donors (Lipinski definition) is 0. The topological polar surface area (TPSA) is 27.7 Å². The molecule has 1 fully saturated rings. The van der Waals surface area contributed by atoms with E-state index >= 15 is 0 Å². The summed E-state index contributed by atoms with van der Waals surface area (Å²) < 4.78 is 15.9. The average Bonchev–Trinajstić information content (AvgIpc) is 2.30.